The molecule has 0 saturated heterocycles. The third-order valence-corrected chi connectivity index (χ3v) is 3.66. The zero-order chi connectivity index (χ0) is 13.9. The molecule has 0 aliphatic rings. The van der Waals surface area contributed by atoms with E-state index in [1.165, 1.54) is 32.7 Å². The molecule has 0 saturated carbocycles. The molecular formula is C18H18O2. The molecule has 20 heavy (non-hydrogen) atoms. The molecule has 0 fully saturated rings. The van der Waals surface area contributed by atoms with Crippen molar-refractivity contribution in [3.8, 4) is 0 Å². The van der Waals surface area contributed by atoms with Crippen LogP contribution in [0.3, 0.4) is 0 Å². The monoisotopic (exact) mass is 266 g/mol. The number of ether oxygens (including phenoxy) is 2. The lowest BCUT2D eigenvalue weighted by Crippen LogP contribution is -1.94. The zero-order valence-electron chi connectivity index (χ0n) is 11.8. The Labute approximate surface area is 118 Å². The molecule has 0 bridgehead atoms. The van der Waals surface area contributed by atoms with Crippen LogP contribution in [0.2, 0.25) is 0 Å². The molecular weight excluding hydrogens is 248 g/mol. The normalized spacial score (nSPS) is 11.3. The van der Waals surface area contributed by atoms with E-state index in [2.05, 4.69) is 48.5 Å². The Bertz CT molecular complexity index is 682. The maximum absolute atomic E-state index is 5.35. The van der Waals surface area contributed by atoms with Crippen molar-refractivity contribution in [3.63, 3.8) is 0 Å². The molecule has 0 radical (unpaired) electrons. The van der Waals surface area contributed by atoms with Crippen LogP contribution in [-0.4, -0.2) is 14.2 Å². The quantitative estimate of drug-likeness (QED) is 0.656. The molecule has 0 aliphatic heterocycles. The van der Waals surface area contributed by atoms with Gasteiger partial charge < -0.3 is 9.47 Å². The molecule has 2 heteroatoms. The van der Waals surface area contributed by atoms with Crippen LogP contribution in [0.25, 0.3) is 21.5 Å². The predicted octanol–water partition coefficient (Wildman–Crippen LogP) is 4.29. The van der Waals surface area contributed by atoms with E-state index in [1.807, 2.05) is 0 Å². The Morgan fingerprint density at radius 3 is 1.50 bits per heavy atom. The fraction of sp³-hybridized carbons (Fsp3) is 0.222. The lowest BCUT2D eigenvalue weighted by molar-refractivity contribution is 0.185. The molecule has 3 aromatic rings. The largest absolute Gasteiger partial charge is 0.380 e. The van der Waals surface area contributed by atoms with E-state index in [0.717, 1.165) is 0 Å². The average Bonchev–Trinajstić information content (AvgIpc) is 2.48. The van der Waals surface area contributed by atoms with Crippen molar-refractivity contribution in [1.29, 1.82) is 0 Å². The third-order valence-electron chi connectivity index (χ3n) is 3.66. The van der Waals surface area contributed by atoms with Crippen molar-refractivity contribution in [2.24, 2.45) is 0 Å². The van der Waals surface area contributed by atoms with E-state index >= 15 is 0 Å². The minimum absolute atomic E-state index is 0.623. The van der Waals surface area contributed by atoms with Gasteiger partial charge in [0.25, 0.3) is 0 Å². The van der Waals surface area contributed by atoms with Crippen molar-refractivity contribution in [2.75, 3.05) is 14.2 Å². The minimum Gasteiger partial charge on any atom is -0.380 e. The van der Waals surface area contributed by atoms with Crippen LogP contribution in [0.5, 0.6) is 0 Å². The Kier molecular flexibility index (Phi) is 3.68. The van der Waals surface area contributed by atoms with Crippen molar-refractivity contribution in [3.05, 3.63) is 59.7 Å². The molecule has 0 amide bonds. The summed E-state index contributed by atoms with van der Waals surface area (Å²) in [6, 6.07) is 17.1. The van der Waals surface area contributed by atoms with Gasteiger partial charge in [-0.2, -0.15) is 0 Å². The molecule has 0 N–H and O–H groups in total. The lowest BCUT2D eigenvalue weighted by Gasteiger charge is -2.13. The van der Waals surface area contributed by atoms with Crippen LogP contribution < -0.4 is 0 Å². The van der Waals surface area contributed by atoms with Gasteiger partial charge >= 0.3 is 0 Å². The fourth-order valence-electron chi connectivity index (χ4n) is 2.86. The Morgan fingerprint density at radius 1 is 0.650 bits per heavy atom. The summed E-state index contributed by atoms with van der Waals surface area (Å²) in [7, 11) is 3.47. The first-order valence-corrected chi connectivity index (χ1v) is 6.75. The van der Waals surface area contributed by atoms with Gasteiger partial charge in [0.05, 0.1) is 13.2 Å². The van der Waals surface area contributed by atoms with Crippen molar-refractivity contribution >= 4 is 21.5 Å². The molecule has 0 aliphatic carbocycles. The van der Waals surface area contributed by atoms with E-state index in [0.29, 0.717) is 13.2 Å². The standard InChI is InChI=1S/C18H18O2/c1-19-11-15-7-3-5-13-9-10-14-6-4-8-16(12-20-2)18(14)17(13)15/h3-10H,11-12H2,1-2H3. The topological polar surface area (TPSA) is 18.5 Å². The first kappa shape index (κ1) is 13.1. The van der Waals surface area contributed by atoms with Crippen LogP contribution in [0.4, 0.5) is 0 Å². The summed E-state index contributed by atoms with van der Waals surface area (Å²) in [5.74, 6) is 0. The maximum Gasteiger partial charge on any atom is 0.0719 e. The number of benzene rings is 3. The lowest BCUT2D eigenvalue weighted by atomic mass is 9.95. The summed E-state index contributed by atoms with van der Waals surface area (Å²) in [4.78, 5) is 0. The summed E-state index contributed by atoms with van der Waals surface area (Å²) >= 11 is 0. The highest BCUT2D eigenvalue weighted by molar-refractivity contribution is 6.10. The molecule has 3 rings (SSSR count). The molecule has 3 aromatic carbocycles. The second kappa shape index (κ2) is 5.61. The highest BCUT2D eigenvalue weighted by Gasteiger charge is 2.09. The highest BCUT2D eigenvalue weighted by Crippen LogP contribution is 2.31. The smallest absolute Gasteiger partial charge is 0.0719 e. The van der Waals surface area contributed by atoms with Gasteiger partial charge in [-0.1, -0.05) is 48.5 Å². The van der Waals surface area contributed by atoms with Crippen LogP contribution in [0.1, 0.15) is 11.1 Å². The fourth-order valence-corrected chi connectivity index (χ4v) is 2.86. The number of methoxy groups -OCH3 is 2. The van der Waals surface area contributed by atoms with Gasteiger partial charge in [0, 0.05) is 14.2 Å². The Balaban J connectivity index is 2.42. The SMILES string of the molecule is COCc1cccc2ccc3cccc(COC)c3c12. The number of rotatable bonds is 4. The molecule has 0 heterocycles. The Hall–Kier alpha value is -1.90. The predicted molar refractivity (Wildman–Crippen MR) is 82.9 cm³/mol. The van der Waals surface area contributed by atoms with Gasteiger partial charge in [-0.25, -0.2) is 0 Å². The summed E-state index contributed by atoms with van der Waals surface area (Å²) in [5.41, 5.74) is 2.44. The van der Waals surface area contributed by atoms with Gasteiger partial charge in [0.1, 0.15) is 0 Å². The highest BCUT2D eigenvalue weighted by atomic mass is 16.5. The molecule has 0 unspecified atom stereocenters. The van der Waals surface area contributed by atoms with Gasteiger partial charge in [-0.05, 0) is 32.7 Å². The van der Waals surface area contributed by atoms with E-state index in [4.69, 9.17) is 9.47 Å². The molecule has 0 atom stereocenters. The maximum atomic E-state index is 5.35. The van der Waals surface area contributed by atoms with Crippen LogP contribution in [0, 0.1) is 0 Å². The van der Waals surface area contributed by atoms with Crippen molar-refractivity contribution in [2.45, 2.75) is 13.2 Å². The van der Waals surface area contributed by atoms with Crippen LogP contribution in [0.15, 0.2) is 48.5 Å². The first-order valence-electron chi connectivity index (χ1n) is 6.75. The van der Waals surface area contributed by atoms with Crippen LogP contribution >= 0.6 is 0 Å². The first-order chi connectivity index (χ1) is 9.85. The van der Waals surface area contributed by atoms with E-state index in [-0.39, 0.29) is 0 Å². The van der Waals surface area contributed by atoms with E-state index in [1.54, 1.807) is 14.2 Å². The third kappa shape index (κ3) is 2.17. The summed E-state index contributed by atoms with van der Waals surface area (Å²) in [6.07, 6.45) is 0. The molecule has 102 valence electrons. The number of hydrogen-bond acceptors (Lipinski definition) is 2. The van der Waals surface area contributed by atoms with Crippen molar-refractivity contribution < 1.29 is 9.47 Å². The van der Waals surface area contributed by atoms with E-state index < -0.39 is 0 Å². The Morgan fingerprint density at radius 2 is 1.10 bits per heavy atom. The molecule has 2 nitrogen and oxygen atoms in total. The van der Waals surface area contributed by atoms with E-state index in [9.17, 15) is 0 Å². The summed E-state index contributed by atoms with van der Waals surface area (Å²) < 4.78 is 10.7. The molecule has 0 spiro atoms. The van der Waals surface area contributed by atoms with Crippen molar-refractivity contribution in [1.82, 2.24) is 0 Å². The average molecular weight is 266 g/mol. The minimum atomic E-state index is 0.623. The summed E-state index contributed by atoms with van der Waals surface area (Å²) in [5, 5.41) is 5.05. The number of hydrogen-bond donors (Lipinski definition) is 0. The van der Waals surface area contributed by atoms with Gasteiger partial charge in [0.15, 0.2) is 0 Å². The number of fused-ring (bicyclic) bond motifs is 3. The zero-order valence-corrected chi connectivity index (χ0v) is 11.8. The summed E-state index contributed by atoms with van der Waals surface area (Å²) in [6.45, 7) is 1.25. The van der Waals surface area contributed by atoms with Gasteiger partial charge in [0.2, 0.25) is 0 Å². The van der Waals surface area contributed by atoms with Gasteiger partial charge in [-0.3, -0.25) is 0 Å². The molecule has 0 aromatic heterocycles. The van der Waals surface area contributed by atoms with Gasteiger partial charge in [-0.15, -0.1) is 0 Å². The second-order valence-electron chi connectivity index (χ2n) is 4.96. The van der Waals surface area contributed by atoms with Crippen LogP contribution in [-0.2, 0) is 22.7 Å². The second-order valence-corrected chi connectivity index (χ2v) is 4.96.